The van der Waals surface area contributed by atoms with Crippen molar-refractivity contribution >= 4 is 33.1 Å². The van der Waals surface area contributed by atoms with Gasteiger partial charge >= 0.3 is 0 Å². The zero-order valence-corrected chi connectivity index (χ0v) is 12.2. The number of rotatable bonds is 0. The van der Waals surface area contributed by atoms with Crippen LogP contribution in [0.2, 0.25) is 0 Å². The van der Waals surface area contributed by atoms with E-state index in [0.29, 0.717) is 0 Å². The molecule has 2 nitrogen and oxygen atoms in total. The summed E-state index contributed by atoms with van der Waals surface area (Å²) in [6, 6.07) is 0. The van der Waals surface area contributed by atoms with Crippen LogP contribution in [-0.4, -0.2) is 17.0 Å². The van der Waals surface area contributed by atoms with Gasteiger partial charge in [0.05, 0.1) is 0 Å². The molecule has 0 amide bonds. The summed E-state index contributed by atoms with van der Waals surface area (Å²) in [5, 5.41) is 6.15. The highest BCUT2D eigenvalue weighted by atomic mass is 32.2. The number of nitrogens with one attached hydrogen (secondary N) is 1. The molecular weight excluding hydrogens is 248 g/mol. The number of thioether (sulfide) groups is 1. The minimum atomic E-state index is -0.154. The first-order chi connectivity index (χ1) is 8.11. The molecule has 1 aromatic heterocycles. The molecule has 4 heteroatoms. The second kappa shape index (κ2) is 4.02. The van der Waals surface area contributed by atoms with Crippen LogP contribution in [0.25, 0.3) is 0 Å². The van der Waals surface area contributed by atoms with Gasteiger partial charge in [-0.25, -0.2) is 0 Å². The van der Waals surface area contributed by atoms with Crippen LogP contribution in [0.1, 0.15) is 42.7 Å². The van der Waals surface area contributed by atoms with Crippen molar-refractivity contribution < 1.29 is 0 Å². The molecule has 0 radical (unpaired) electrons. The van der Waals surface area contributed by atoms with Crippen LogP contribution < -0.4 is 5.32 Å². The molecule has 0 saturated heterocycles. The van der Waals surface area contributed by atoms with Crippen LogP contribution in [0.3, 0.4) is 0 Å². The molecule has 0 bridgehead atoms. The topological polar surface area (TPSA) is 24.4 Å². The van der Waals surface area contributed by atoms with Crippen molar-refractivity contribution in [3.63, 3.8) is 0 Å². The van der Waals surface area contributed by atoms with Crippen LogP contribution in [-0.2, 0) is 12.8 Å². The molecular formula is C13H18N2S2. The van der Waals surface area contributed by atoms with Crippen molar-refractivity contribution in [2.75, 3.05) is 11.6 Å². The fourth-order valence-corrected chi connectivity index (χ4v) is 4.90. The quantitative estimate of drug-likeness (QED) is 0.770. The molecule has 3 rings (SSSR count). The monoisotopic (exact) mass is 266 g/mol. The van der Waals surface area contributed by atoms with E-state index < -0.39 is 0 Å². The van der Waals surface area contributed by atoms with Gasteiger partial charge in [-0.15, -0.1) is 23.1 Å². The Balaban J connectivity index is 2.15. The Hall–Kier alpha value is -0.480. The van der Waals surface area contributed by atoms with Gasteiger partial charge in [0.25, 0.3) is 0 Å². The number of nitrogens with zero attached hydrogens (tertiary/aromatic N) is 1. The molecule has 0 atom stereocenters. The largest absolute Gasteiger partial charge is 0.353 e. The molecule has 2 aliphatic rings. The van der Waals surface area contributed by atoms with Crippen LogP contribution >= 0.6 is 23.1 Å². The standard InChI is InChI=1S/C13H18N2S2/c1-13(2)14-11(16-3)10-8-6-4-5-7-9(8)17-12(10)15-13/h15H,4-7H2,1-3H3. The Bertz CT molecular complexity index is 486. The van der Waals surface area contributed by atoms with Gasteiger partial charge in [-0.1, -0.05) is 0 Å². The molecule has 0 fully saturated rings. The van der Waals surface area contributed by atoms with Gasteiger partial charge in [0.1, 0.15) is 15.7 Å². The summed E-state index contributed by atoms with van der Waals surface area (Å²) in [5.74, 6) is 0. The summed E-state index contributed by atoms with van der Waals surface area (Å²) >= 11 is 3.74. The fraction of sp³-hybridized carbons (Fsp3) is 0.615. The van der Waals surface area contributed by atoms with E-state index in [2.05, 4.69) is 25.4 Å². The van der Waals surface area contributed by atoms with E-state index in [1.54, 1.807) is 22.2 Å². The maximum atomic E-state index is 4.83. The Kier molecular flexibility index (Phi) is 2.75. The summed E-state index contributed by atoms with van der Waals surface area (Å²) in [6.45, 7) is 4.29. The molecule has 0 aromatic carbocycles. The lowest BCUT2D eigenvalue weighted by molar-refractivity contribution is 0.600. The van der Waals surface area contributed by atoms with Crippen molar-refractivity contribution in [2.24, 2.45) is 4.99 Å². The highest BCUT2D eigenvalue weighted by Gasteiger charge is 2.31. The van der Waals surface area contributed by atoms with Gasteiger partial charge in [0.2, 0.25) is 0 Å². The molecule has 0 spiro atoms. The number of hydrogen-bond acceptors (Lipinski definition) is 4. The van der Waals surface area contributed by atoms with E-state index in [1.165, 1.54) is 41.3 Å². The Morgan fingerprint density at radius 3 is 2.82 bits per heavy atom. The third-order valence-electron chi connectivity index (χ3n) is 3.38. The normalized spacial score (nSPS) is 21.2. The summed E-state index contributed by atoms with van der Waals surface area (Å²) in [5.41, 5.74) is 2.84. The number of aliphatic imine (C=N–C) groups is 1. The zero-order valence-electron chi connectivity index (χ0n) is 10.6. The second-order valence-corrected chi connectivity index (χ2v) is 7.12. The number of anilines is 1. The lowest BCUT2D eigenvalue weighted by Gasteiger charge is -2.29. The molecule has 0 unspecified atom stereocenters. The highest BCUT2D eigenvalue weighted by Crippen LogP contribution is 2.43. The molecule has 0 saturated carbocycles. The first-order valence-electron chi connectivity index (χ1n) is 6.17. The van der Waals surface area contributed by atoms with E-state index >= 15 is 0 Å². The molecule has 1 aliphatic heterocycles. The highest BCUT2D eigenvalue weighted by molar-refractivity contribution is 8.13. The first kappa shape index (κ1) is 11.6. The molecule has 1 aromatic rings. The summed E-state index contributed by atoms with van der Waals surface area (Å²) in [4.78, 5) is 6.42. The predicted octanol–water partition coefficient (Wildman–Crippen LogP) is 3.90. The Morgan fingerprint density at radius 2 is 2.06 bits per heavy atom. The van der Waals surface area contributed by atoms with Crippen molar-refractivity contribution in [3.8, 4) is 0 Å². The van der Waals surface area contributed by atoms with Crippen molar-refractivity contribution in [2.45, 2.75) is 45.2 Å². The van der Waals surface area contributed by atoms with Gasteiger partial charge < -0.3 is 5.32 Å². The van der Waals surface area contributed by atoms with Crippen molar-refractivity contribution in [1.82, 2.24) is 0 Å². The molecule has 92 valence electrons. The van der Waals surface area contributed by atoms with Gasteiger partial charge in [-0.2, -0.15) is 0 Å². The minimum absolute atomic E-state index is 0.154. The molecule has 1 N–H and O–H groups in total. The number of hydrogen-bond donors (Lipinski definition) is 1. The predicted molar refractivity (Wildman–Crippen MR) is 78.7 cm³/mol. The third-order valence-corrected chi connectivity index (χ3v) is 5.27. The van der Waals surface area contributed by atoms with E-state index in [1.807, 2.05) is 11.3 Å². The smallest absolute Gasteiger partial charge is 0.125 e. The van der Waals surface area contributed by atoms with Gasteiger partial charge in [-0.3, -0.25) is 4.99 Å². The first-order valence-corrected chi connectivity index (χ1v) is 8.22. The van der Waals surface area contributed by atoms with Crippen LogP contribution in [0.4, 0.5) is 5.00 Å². The Labute approximate surface area is 111 Å². The van der Waals surface area contributed by atoms with Crippen molar-refractivity contribution in [3.05, 3.63) is 16.0 Å². The SMILES string of the molecule is CSC1=NC(C)(C)Nc2sc3c(c21)CCCC3. The van der Waals surface area contributed by atoms with E-state index in [9.17, 15) is 0 Å². The van der Waals surface area contributed by atoms with Crippen molar-refractivity contribution in [1.29, 1.82) is 0 Å². The lowest BCUT2D eigenvalue weighted by Crippen LogP contribution is -2.33. The minimum Gasteiger partial charge on any atom is -0.353 e. The van der Waals surface area contributed by atoms with Gasteiger partial charge in [0, 0.05) is 10.4 Å². The van der Waals surface area contributed by atoms with Gasteiger partial charge in [-0.05, 0) is 51.3 Å². The van der Waals surface area contributed by atoms with Gasteiger partial charge in [0.15, 0.2) is 0 Å². The maximum absolute atomic E-state index is 4.83. The number of fused-ring (bicyclic) bond motifs is 3. The number of aryl methyl sites for hydroxylation is 1. The summed E-state index contributed by atoms with van der Waals surface area (Å²) in [6.07, 6.45) is 7.32. The molecule has 1 aliphatic carbocycles. The fourth-order valence-electron chi connectivity index (χ4n) is 2.64. The third kappa shape index (κ3) is 1.91. The van der Waals surface area contributed by atoms with Crippen LogP contribution in [0.15, 0.2) is 4.99 Å². The summed E-state index contributed by atoms with van der Waals surface area (Å²) in [7, 11) is 0. The number of thiophene rings is 1. The summed E-state index contributed by atoms with van der Waals surface area (Å²) < 4.78 is 0. The van der Waals surface area contributed by atoms with E-state index in [4.69, 9.17) is 4.99 Å². The molecule has 2 heterocycles. The van der Waals surface area contributed by atoms with E-state index in [-0.39, 0.29) is 5.66 Å². The maximum Gasteiger partial charge on any atom is 0.125 e. The van der Waals surface area contributed by atoms with Crippen LogP contribution in [0, 0.1) is 0 Å². The second-order valence-electron chi connectivity index (χ2n) is 5.22. The zero-order chi connectivity index (χ0) is 12.0. The average Bonchev–Trinajstić information content (AvgIpc) is 2.64. The van der Waals surface area contributed by atoms with Crippen LogP contribution in [0.5, 0.6) is 0 Å². The average molecular weight is 266 g/mol. The molecule has 17 heavy (non-hydrogen) atoms. The van der Waals surface area contributed by atoms with E-state index in [0.717, 1.165) is 0 Å². The lowest BCUT2D eigenvalue weighted by atomic mass is 9.95. The Morgan fingerprint density at radius 1 is 1.29 bits per heavy atom.